The Morgan fingerprint density at radius 3 is 1.00 bits per heavy atom. The molecular formula is C42H16BF21N2. The molecule has 7 aromatic rings. The minimum Gasteiger partial charge on any atom is -0.248 e. The monoisotopic (exact) mass is 958 g/mol. The fourth-order valence-corrected chi connectivity index (χ4v) is 7.18. The van der Waals surface area contributed by atoms with Crippen LogP contribution in [0.2, 0.25) is 0 Å². The Hall–Kier alpha value is -7.01. The molecular weight excluding hydrogens is 942 g/mol. The van der Waals surface area contributed by atoms with E-state index in [-0.39, 0.29) is 5.82 Å². The summed E-state index contributed by atoms with van der Waals surface area (Å²) in [7, 11) is 0. The molecule has 0 amide bonds. The standard InChI is InChI=1S/C24BF20.C18H16FN2/c26-5-1(6(27)14(35)21(42)13(5)34)25(2-7(28)15(36)22(43)16(37)8(2)29,3-9(30)17(38)23(44)18(39)10(3)31)4-11(32)19(40)24(45)20(41)12(4)33;19-18-9-5-4-8-16(18)12-17-14-21(11-10-20-17)13-15-6-2-1-3-7-15/h;1-11,14H,12-13H2/q-1;+1. The molecule has 7 rings (SSSR count). The van der Waals surface area contributed by atoms with Crippen molar-refractivity contribution in [1.82, 2.24) is 4.98 Å². The number of aromatic nitrogens is 2. The molecule has 0 aliphatic rings. The van der Waals surface area contributed by atoms with Gasteiger partial charge in [0.05, 0.1) is 6.20 Å². The first kappa shape index (κ1) is 48.5. The Bertz CT molecular complexity index is 2680. The molecule has 0 spiro atoms. The van der Waals surface area contributed by atoms with E-state index in [2.05, 4.69) is 21.7 Å². The molecule has 0 bridgehead atoms. The zero-order valence-corrected chi connectivity index (χ0v) is 31.8. The van der Waals surface area contributed by atoms with E-state index in [4.69, 9.17) is 0 Å². The van der Waals surface area contributed by atoms with Crippen LogP contribution in [-0.4, -0.2) is 11.1 Å². The quantitative estimate of drug-likeness (QED) is 0.0489. The lowest BCUT2D eigenvalue weighted by molar-refractivity contribution is -0.689. The zero-order chi connectivity index (χ0) is 48.8. The SMILES string of the molecule is Fc1c(F)c(F)c([B-](c2c(F)c(F)c(F)c(F)c2F)(c2c(F)c(F)c(F)c(F)c2F)c2c(F)c(F)c(F)c(F)c2F)c(F)c1F.Fc1ccccc1Cc1c[n+](Cc2ccccc2)ccn1. The van der Waals surface area contributed by atoms with E-state index < -0.39 is 144 Å². The Labute approximate surface area is 354 Å². The van der Waals surface area contributed by atoms with Crippen molar-refractivity contribution in [2.45, 2.75) is 13.0 Å². The molecule has 0 aliphatic carbocycles. The smallest absolute Gasteiger partial charge is 0.200 e. The molecule has 0 fully saturated rings. The van der Waals surface area contributed by atoms with Crippen LogP contribution in [0.25, 0.3) is 0 Å². The van der Waals surface area contributed by atoms with Crippen molar-refractivity contribution < 1.29 is 96.8 Å². The van der Waals surface area contributed by atoms with Crippen LogP contribution in [0.1, 0.15) is 16.8 Å². The summed E-state index contributed by atoms with van der Waals surface area (Å²) < 4.78 is 310. The molecule has 1 aromatic heterocycles. The molecule has 344 valence electrons. The Balaban J connectivity index is 0.000000284. The van der Waals surface area contributed by atoms with Crippen LogP contribution in [0, 0.1) is 122 Å². The number of nitrogens with zero attached hydrogens (tertiary/aromatic N) is 2. The van der Waals surface area contributed by atoms with Gasteiger partial charge in [-0.15, -0.1) is 21.9 Å². The summed E-state index contributed by atoms with van der Waals surface area (Å²) in [6.07, 6.45) is -1.05. The van der Waals surface area contributed by atoms with Crippen molar-refractivity contribution in [2.24, 2.45) is 0 Å². The highest BCUT2D eigenvalue weighted by molar-refractivity contribution is 7.20. The van der Waals surface area contributed by atoms with Crippen molar-refractivity contribution in [2.75, 3.05) is 0 Å². The van der Waals surface area contributed by atoms with Gasteiger partial charge in [-0.05, 0) is 11.6 Å². The Morgan fingerprint density at radius 2 is 0.667 bits per heavy atom. The van der Waals surface area contributed by atoms with E-state index in [1.54, 1.807) is 18.3 Å². The maximum Gasteiger partial charge on any atom is 0.200 e. The summed E-state index contributed by atoms with van der Waals surface area (Å²) in [6, 6.07) is 17.1. The molecule has 66 heavy (non-hydrogen) atoms. The van der Waals surface area contributed by atoms with E-state index >= 15 is 35.1 Å². The number of hydrogen-bond acceptors (Lipinski definition) is 1. The number of hydrogen-bond donors (Lipinski definition) is 0. The van der Waals surface area contributed by atoms with Crippen LogP contribution >= 0.6 is 0 Å². The van der Waals surface area contributed by atoms with Gasteiger partial charge >= 0.3 is 0 Å². The number of halogens is 21. The summed E-state index contributed by atoms with van der Waals surface area (Å²) in [4.78, 5) is 4.33. The highest BCUT2D eigenvalue weighted by Gasteiger charge is 2.52. The molecule has 0 atom stereocenters. The van der Waals surface area contributed by atoms with E-state index in [1.807, 2.05) is 36.7 Å². The summed E-state index contributed by atoms with van der Waals surface area (Å²) >= 11 is 0. The summed E-state index contributed by atoms with van der Waals surface area (Å²) in [5.41, 5.74) is -11.6. The molecule has 24 heteroatoms. The van der Waals surface area contributed by atoms with E-state index in [0.717, 1.165) is 12.2 Å². The van der Waals surface area contributed by atoms with E-state index in [9.17, 15) is 57.1 Å². The second-order valence-corrected chi connectivity index (χ2v) is 13.8. The van der Waals surface area contributed by atoms with Crippen LogP contribution in [0.15, 0.2) is 73.2 Å². The van der Waals surface area contributed by atoms with Gasteiger partial charge in [-0.25, -0.2) is 97.2 Å². The van der Waals surface area contributed by atoms with Crippen molar-refractivity contribution in [3.8, 4) is 0 Å². The highest BCUT2D eigenvalue weighted by Crippen LogP contribution is 2.31. The topological polar surface area (TPSA) is 16.8 Å². The summed E-state index contributed by atoms with van der Waals surface area (Å²) in [5, 5.41) is 0. The van der Waals surface area contributed by atoms with Gasteiger partial charge in [0.15, 0.2) is 88.7 Å². The van der Waals surface area contributed by atoms with Gasteiger partial charge < -0.3 is 0 Å². The summed E-state index contributed by atoms with van der Waals surface area (Å²) in [5.74, 6) is -71.6. The lowest BCUT2D eigenvalue weighted by atomic mass is 9.12. The maximum absolute atomic E-state index is 15.4. The molecule has 2 nitrogen and oxygen atoms in total. The average Bonchev–Trinajstić information content (AvgIpc) is 3.30. The van der Waals surface area contributed by atoms with Crippen molar-refractivity contribution in [3.05, 3.63) is 212 Å². The molecule has 1 heterocycles. The van der Waals surface area contributed by atoms with Gasteiger partial charge in [0.2, 0.25) is 0 Å². The second-order valence-electron chi connectivity index (χ2n) is 13.8. The normalized spacial score (nSPS) is 11.5. The van der Waals surface area contributed by atoms with Crippen molar-refractivity contribution >= 4 is 28.0 Å². The van der Waals surface area contributed by atoms with Crippen LogP contribution in [0.5, 0.6) is 0 Å². The van der Waals surface area contributed by atoms with Gasteiger partial charge in [-0.2, -0.15) is 4.57 Å². The van der Waals surface area contributed by atoms with Crippen LogP contribution < -0.4 is 26.4 Å². The lowest BCUT2D eigenvalue weighted by Crippen LogP contribution is -2.81. The molecule has 0 radical (unpaired) electrons. The first-order valence-electron chi connectivity index (χ1n) is 17.9. The third kappa shape index (κ3) is 7.94. The minimum absolute atomic E-state index is 0.183. The van der Waals surface area contributed by atoms with Gasteiger partial charge in [-0.1, -0.05) is 48.5 Å². The maximum atomic E-state index is 15.4. The third-order valence-electron chi connectivity index (χ3n) is 10.1. The van der Waals surface area contributed by atoms with Gasteiger partial charge in [0.1, 0.15) is 64.2 Å². The molecule has 6 aromatic carbocycles. The zero-order valence-electron chi connectivity index (χ0n) is 31.8. The van der Waals surface area contributed by atoms with E-state index in [1.165, 1.54) is 11.6 Å². The van der Waals surface area contributed by atoms with E-state index in [0.29, 0.717) is 12.0 Å². The average molecular weight is 958 g/mol. The second kappa shape index (κ2) is 18.5. The largest absolute Gasteiger partial charge is 0.248 e. The van der Waals surface area contributed by atoms with Crippen LogP contribution in [-0.2, 0) is 13.0 Å². The predicted octanol–water partition coefficient (Wildman–Crippen LogP) is 8.99. The fraction of sp³-hybridized carbons (Fsp3) is 0.0476. The van der Waals surface area contributed by atoms with Crippen LogP contribution in [0.3, 0.4) is 0 Å². The van der Waals surface area contributed by atoms with Crippen molar-refractivity contribution in [1.29, 1.82) is 0 Å². The minimum atomic E-state index is -7.22. The molecule has 0 N–H and O–H groups in total. The first-order chi connectivity index (χ1) is 31.0. The molecule has 0 saturated heterocycles. The third-order valence-corrected chi connectivity index (χ3v) is 10.1. The van der Waals surface area contributed by atoms with Gasteiger partial charge in [0.25, 0.3) is 0 Å². The highest BCUT2D eigenvalue weighted by atomic mass is 19.2. The van der Waals surface area contributed by atoms with Crippen molar-refractivity contribution in [3.63, 3.8) is 0 Å². The Kier molecular flexibility index (Phi) is 13.6. The number of benzene rings is 6. The Morgan fingerprint density at radius 1 is 0.364 bits per heavy atom. The van der Waals surface area contributed by atoms with Gasteiger partial charge in [-0.3, -0.25) is 0 Å². The summed E-state index contributed by atoms with van der Waals surface area (Å²) in [6.45, 7) is 0.785. The first-order valence-corrected chi connectivity index (χ1v) is 17.9. The number of rotatable bonds is 8. The predicted molar refractivity (Wildman–Crippen MR) is 188 cm³/mol. The molecule has 0 unspecified atom stereocenters. The fourth-order valence-electron chi connectivity index (χ4n) is 7.18. The van der Waals surface area contributed by atoms with Crippen LogP contribution in [0.4, 0.5) is 92.2 Å². The van der Waals surface area contributed by atoms with Gasteiger partial charge in [0, 0.05) is 12.0 Å². The molecule has 0 saturated carbocycles. The molecule has 0 aliphatic heterocycles. The lowest BCUT2D eigenvalue weighted by Gasteiger charge is -2.44.